The molecule has 2 heteroatoms. The summed E-state index contributed by atoms with van der Waals surface area (Å²) in [5.74, 6) is 0.738. The average molecular weight is 185 g/mol. The molecule has 1 saturated carbocycles. The topological polar surface area (TPSA) is 35.2 Å². The van der Waals surface area contributed by atoms with Crippen LogP contribution in [0, 0.1) is 5.92 Å². The molecule has 2 atom stereocenters. The van der Waals surface area contributed by atoms with Crippen LogP contribution in [0.1, 0.15) is 45.4 Å². The second kappa shape index (κ2) is 6.39. The Kier molecular flexibility index (Phi) is 5.40. The zero-order chi connectivity index (χ0) is 9.52. The standard InChI is InChI=1S/C11H23NO/c1-2-3-8-13-9-7-10-5-4-6-11(10)12/h10-11H,2-9,12H2,1H3. The lowest BCUT2D eigenvalue weighted by Crippen LogP contribution is -2.25. The molecule has 0 bridgehead atoms. The van der Waals surface area contributed by atoms with E-state index in [2.05, 4.69) is 6.92 Å². The van der Waals surface area contributed by atoms with Gasteiger partial charge in [-0.25, -0.2) is 0 Å². The lowest BCUT2D eigenvalue weighted by Gasteiger charge is -2.14. The monoisotopic (exact) mass is 185 g/mol. The first-order valence-electron chi connectivity index (χ1n) is 5.68. The van der Waals surface area contributed by atoms with E-state index in [-0.39, 0.29) is 0 Å². The van der Waals surface area contributed by atoms with E-state index in [1.807, 2.05) is 0 Å². The molecule has 0 spiro atoms. The van der Waals surface area contributed by atoms with E-state index < -0.39 is 0 Å². The van der Waals surface area contributed by atoms with Crippen LogP contribution in [0.5, 0.6) is 0 Å². The van der Waals surface area contributed by atoms with E-state index >= 15 is 0 Å². The van der Waals surface area contributed by atoms with Crippen LogP contribution in [0.3, 0.4) is 0 Å². The first-order chi connectivity index (χ1) is 6.34. The highest BCUT2D eigenvalue weighted by atomic mass is 16.5. The highest BCUT2D eigenvalue weighted by molar-refractivity contribution is 4.79. The van der Waals surface area contributed by atoms with Crippen LogP contribution >= 0.6 is 0 Å². The van der Waals surface area contributed by atoms with Gasteiger partial charge in [0, 0.05) is 19.3 Å². The Morgan fingerprint density at radius 2 is 2.15 bits per heavy atom. The molecule has 1 aliphatic rings. The molecule has 2 nitrogen and oxygen atoms in total. The maximum absolute atomic E-state index is 5.96. The summed E-state index contributed by atoms with van der Waals surface area (Å²) >= 11 is 0. The first-order valence-corrected chi connectivity index (χ1v) is 5.68. The minimum Gasteiger partial charge on any atom is -0.381 e. The summed E-state index contributed by atoms with van der Waals surface area (Å²) in [6.45, 7) is 4.03. The summed E-state index contributed by atoms with van der Waals surface area (Å²) in [5.41, 5.74) is 5.96. The molecule has 0 aromatic rings. The second-order valence-electron chi connectivity index (χ2n) is 4.11. The first kappa shape index (κ1) is 11.0. The van der Waals surface area contributed by atoms with Crippen LogP contribution in [-0.4, -0.2) is 19.3 Å². The Morgan fingerprint density at radius 1 is 1.31 bits per heavy atom. The van der Waals surface area contributed by atoms with Crippen LogP contribution in [0.25, 0.3) is 0 Å². The summed E-state index contributed by atoms with van der Waals surface area (Å²) in [4.78, 5) is 0. The number of hydrogen-bond acceptors (Lipinski definition) is 2. The molecular weight excluding hydrogens is 162 g/mol. The van der Waals surface area contributed by atoms with Gasteiger partial charge in [-0.2, -0.15) is 0 Å². The van der Waals surface area contributed by atoms with Crippen LogP contribution in [-0.2, 0) is 4.74 Å². The molecule has 2 unspecified atom stereocenters. The van der Waals surface area contributed by atoms with Gasteiger partial charge in [-0.1, -0.05) is 19.8 Å². The lowest BCUT2D eigenvalue weighted by molar-refractivity contribution is 0.116. The smallest absolute Gasteiger partial charge is 0.0469 e. The fraction of sp³-hybridized carbons (Fsp3) is 1.00. The van der Waals surface area contributed by atoms with Crippen molar-refractivity contribution < 1.29 is 4.74 Å². The zero-order valence-electron chi connectivity index (χ0n) is 8.80. The summed E-state index contributed by atoms with van der Waals surface area (Å²) in [5, 5.41) is 0. The molecule has 0 aliphatic heterocycles. The van der Waals surface area contributed by atoms with Gasteiger partial charge in [-0.3, -0.25) is 0 Å². The van der Waals surface area contributed by atoms with Gasteiger partial charge in [0.15, 0.2) is 0 Å². The van der Waals surface area contributed by atoms with Gasteiger partial charge in [0.2, 0.25) is 0 Å². The second-order valence-corrected chi connectivity index (χ2v) is 4.11. The SMILES string of the molecule is CCCCOCCC1CCCC1N. The fourth-order valence-corrected chi connectivity index (χ4v) is 2.01. The third-order valence-electron chi connectivity index (χ3n) is 2.99. The van der Waals surface area contributed by atoms with Crippen LogP contribution in [0.4, 0.5) is 0 Å². The maximum Gasteiger partial charge on any atom is 0.0469 e. The molecule has 0 saturated heterocycles. The van der Waals surface area contributed by atoms with Crippen molar-refractivity contribution in [1.82, 2.24) is 0 Å². The van der Waals surface area contributed by atoms with Crippen molar-refractivity contribution in [1.29, 1.82) is 0 Å². The van der Waals surface area contributed by atoms with Gasteiger partial charge >= 0.3 is 0 Å². The minimum absolute atomic E-state index is 0.453. The maximum atomic E-state index is 5.96. The molecule has 1 fully saturated rings. The summed E-state index contributed by atoms with van der Waals surface area (Å²) < 4.78 is 5.53. The van der Waals surface area contributed by atoms with E-state index in [9.17, 15) is 0 Å². The highest BCUT2D eigenvalue weighted by Crippen LogP contribution is 2.26. The number of unbranched alkanes of at least 4 members (excludes halogenated alkanes) is 1. The van der Waals surface area contributed by atoms with E-state index in [0.717, 1.165) is 19.1 Å². The molecule has 1 aliphatic carbocycles. The molecular formula is C11H23NO. The van der Waals surface area contributed by atoms with Gasteiger partial charge in [0.25, 0.3) is 0 Å². The largest absolute Gasteiger partial charge is 0.381 e. The molecule has 1 rings (SSSR count). The molecule has 0 aromatic heterocycles. The van der Waals surface area contributed by atoms with Crippen LogP contribution in [0.2, 0.25) is 0 Å². The summed E-state index contributed by atoms with van der Waals surface area (Å²) in [6, 6.07) is 0.453. The van der Waals surface area contributed by atoms with Gasteiger partial charge in [0.1, 0.15) is 0 Å². The van der Waals surface area contributed by atoms with Gasteiger partial charge < -0.3 is 10.5 Å². The average Bonchev–Trinajstić information content (AvgIpc) is 2.52. The molecule has 78 valence electrons. The molecule has 13 heavy (non-hydrogen) atoms. The molecule has 0 heterocycles. The van der Waals surface area contributed by atoms with Gasteiger partial charge in [0.05, 0.1) is 0 Å². The van der Waals surface area contributed by atoms with Crippen LogP contribution in [0.15, 0.2) is 0 Å². The summed E-state index contributed by atoms with van der Waals surface area (Å²) in [7, 11) is 0. The lowest BCUT2D eigenvalue weighted by atomic mass is 10.0. The third-order valence-corrected chi connectivity index (χ3v) is 2.99. The van der Waals surface area contributed by atoms with Crippen LogP contribution < -0.4 is 5.73 Å². The predicted molar refractivity (Wildman–Crippen MR) is 55.7 cm³/mol. The normalized spacial score (nSPS) is 28.2. The van der Waals surface area contributed by atoms with Crippen molar-refractivity contribution in [3.63, 3.8) is 0 Å². The Hall–Kier alpha value is -0.0800. The summed E-state index contributed by atoms with van der Waals surface area (Å²) in [6.07, 6.45) is 7.45. The van der Waals surface area contributed by atoms with E-state index in [1.165, 1.54) is 38.5 Å². The van der Waals surface area contributed by atoms with Crippen molar-refractivity contribution in [3.05, 3.63) is 0 Å². The molecule has 0 amide bonds. The highest BCUT2D eigenvalue weighted by Gasteiger charge is 2.22. The van der Waals surface area contributed by atoms with E-state index in [1.54, 1.807) is 0 Å². The van der Waals surface area contributed by atoms with Gasteiger partial charge in [-0.05, 0) is 31.6 Å². The molecule has 2 N–H and O–H groups in total. The fourth-order valence-electron chi connectivity index (χ4n) is 2.01. The molecule has 0 aromatic carbocycles. The van der Waals surface area contributed by atoms with Gasteiger partial charge in [-0.15, -0.1) is 0 Å². The minimum atomic E-state index is 0.453. The van der Waals surface area contributed by atoms with Crippen molar-refractivity contribution in [3.8, 4) is 0 Å². The number of rotatable bonds is 6. The molecule has 0 radical (unpaired) electrons. The van der Waals surface area contributed by atoms with Crippen molar-refractivity contribution in [2.24, 2.45) is 11.7 Å². The Balaban J connectivity index is 1.93. The third kappa shape index (κ3) is 4.10. The zero-order valence-corrected chi connectivity index (χ0v) is 8.80. The predicted octanol–water partition coefficient (Wildman–Crippen LogP) is 2.32. The number of nitrogens with two attached hydrogens (primary N) is 1. The van der Waals surface area contributed by atoms with E-state index in [0.29, 0.717) is 6.04 Å². The Morgan fingerprint density at radius 3 is 2.77 bits per heavy atom. The van der Waals surface area contributed by atoms with E-state index in [4.69, 9.17) is 10.5 Å². The Labute approximate surface area is 81.8 Å². The Bertz CT molecular complexity index is 127. The van der Waals surface area contributed by atoms with Crippen molar-refractivity contribution in [2.45, 2.75) is 51.5 Å². The quantitative estimate of drug-likeness (QED) is 0.644. The van der Waals surface area contributed by atoms with Crippen molar-refractivity contribution in [2.75, 3.05) is 13.2 Å². The number of ether oxygens (including phenoxy) is 1. The number of hydrogen-bond donors (Lipinski definition) is 1. The van der Waals surface area contributed by atoms with Crippen molar-refractivity contribution >= 4 is 0 Å².